The van der Waals surface area contributed by atoms with Crippen LogP contribution in [-0.4, -0.2) is 68.7 Å². The van der Waals surface area contributed by atoms with Gasteiger partial charge in [0.2, 0.25) is 5.95 Å². The van der Waals surface area contributed by atoms with E-state index in [9.17, 15) is 4.79 Å². The topological polar surface area (TPSA) is 121 Å². The summed E-state index contributed by atoms with van der Waals surface area (Å²) in [5.74, 6) is 0.925. The largest absolute Gasteiger partial charge is 0.379 e. The molecule has 3 aromatic heterocycles. The molecular weight excluding hydrogens is 432 g/mol. The highest BCUT2D eigenvalue weighted by molar-refractivity contribution is 5.97. The van der Waals surface area contributed by atoms with Gasteiger partial charge < -0.3 is 15.0 Å². The monoisotopic (exact) mass is 458 g/mol. The standard InChI is InChI=1S/C24H26N8O2/c1-2-25-24(33)31-23-29-20-13-17(12-19(21(20)30-23)22-26-6-3-7-27-22)16-4-5-18(28-14-16)15-32-8-10-34-11-9-32/h3-7,12-14H,2,8-11,15H2,1H3,(H3,25,29,30,31,33). The Morgan fingerprint density at radius 2 is 1.94 bits per heavy atom. The summed E-state index contributed by atoms with van der Waals surface area (Å²) in [6, 6.07) is 9.57. The predicted molar refractivity (Wildman–Crippen MR) is 129 cm³/mol. The Balaban J connectivity index is 1.48. The fraction of sp³-hybridized carbons (Fsp3) is 0.292. The lowest BCUT2D eigenvalue weighted by Crippen LogP contribution is -2.35. The van der Waals surface area contributed by atoms with Gasteiger partial charge in [-0.15, -0.1) is 0 Å². The summed E-state index contributed by atoms with van der Waals surface area (Å²) in [5, 5.41) is 5.44. The molecular formula is C24H26N8O2. The average Bonchev–Trinajstić information content (AvgIpc) is 3.27. The van der Waals surface area contributed by atoms with Gasteiger partial charge in [0.15, 0.2) is 5.82 Å². The highest BCUT2D eigenvalue weighted by Crippen LogP contribution is 2.32. The molecule has 1 saturated heterocycles. The molecule has 1 fully saturated rings. The maximum atomic E-state index is 12.0. The predicted octanol–water partition coefficient (Wildman–Crippen LogP) is 3.06. The molecule has 1 aliphatic heterocycles. The Bertz CT molecular complexity index is 1270. The van der Waals surface area contributed by atoms with E-state index in [1.54, 1.807) is 18.5 Å². The number of benzene rings is 1. The third kappa shape index (κ3) is 4.87. The van der Waals surface area contributed by atoms with Crippen LogP contribution in [-0.2, 0) is 11.3 Å². The third-order valence-electron chi connectivity index (χ3n) is 5.62. The second-order valence-electron chi connectivity index (χ2n) is 7.99. The van der Waals surface area contributed by atoms with Crippen molar-refractivity contribution < 1.29 is 9.53 Å². The minimum Gasteiger partial charge on any atom is -0.379 e. The van der Waals surface area contributed by atoms with Crippen LogP contribution in [0, 0.1) is 0 Å². The Morgan fingerprint density at radius 1 is 1.12 bits per heavy atom. The van der Waals surface area contributed by atoms with Crippen LogP contribution in [0.1, 0.15) is 12.6 Å². The third-order valence-corrected chi connectivity index (χ3v) is 5.62. The van der Waals surface area contributed by atoms with Crippen molar-refractivity contribution in [3.63, 3.8) is 0 Å². The zero-order valence-electron chi connectivity index (χ0n) is 18.9. The van der Waals surface area contributed by atoms with Crippen molar-refractivity contribution in [1.29, 1.82) is 0 Å². The van der Waals surface area contributed by atoms with Gasteiger partial charge in [-0.05, 0) is 36.8 Å². The maximum absolute atomic E-state index is 12.0. The molecule has 4 heterocycles. The molecule has 1 aliphatic rings. The second-order valence-corrected chi connectivity index (χ2v) is 7.99. The van der Waals surface area contributed by atoms with E-state index in [2.05, 4.69) is 52.6 Å². The molecule has 0 bridgehead atoms. The smallest absolute Gasteiger partial charge is 0.321 e. The Hall–Kier alpha value is -3.89. The maximum Gasteiger partial charge on any atom is 0.321 e. The van der Waals surface area contributed by atoms with E-state index in [1.165, 1.54) is 0 Å². The summed E-state index contributed by atoms with van der Waals surface area (Å²) >= 11 is 0. The Morgan fingerprint density at radius 3 is 2.68 bits per heavy atom. The number of aromatic nitrogens is 5. The van der Waals surface area contributed by atoms with Crippen LogP contribution < -0.4 is 10.6 Å². The number of nitrogens with one attached hydrogen (secondary N) is 3. The first-order valence-electron chi connectivity index (χ1n) is 11.3. The summed E-state index contributed by atoms with van der Waals surface area (Å²) in [5.41, 5.74) is 5.17. The number of H-pyrrole nitrogens is 1. The van der Waals surface area contributed by atoms with E-state index in [1.807, 2.05) is 25.3 Å². The number of anilines is 1. The lowest BCUT2D eigenvalue weighted by atomic mass is 10.0. The number of carbonyl (C=O) groups excluding carboxylic acids is 1. The number of urea groups is 1. The molecule has 2 amide bonds. The lowest BCUT2D eigenvalue weighted by molar-refractivity contribution is 0.0336. The first-order chi connectivity index (χ1) is 16.7. The number of ether oxygens (including phenoxy) is 1. The van der Waals surface area contributed by atoms with Crippen LogP contribution in [0.15, 0.2) is 48.9 Å². The number of imidazole rings is 1. The Kier molecular flexibility index (Phi) is 6.41. The zero-order chi connectivity index (χ0) is 23.3. The highest BCUT2D eigenvalue weighted by atomic mass is 16.5. The molecule has 0 spiro atoms. The van der Waals surface area contributed by atoms with E-state index >= 15 is 0 Å². The zero-order valence-corrected chi connectivity index (χ0v) is 18.9. The fourth-order valence-corrected chi connectivity index (χ4v) is 3.94. The number of morpholine rings is 1. The number of amides is 2. The summed E-state index contributed by atoms with van der Waals surface area (Å²) < 4.78 is 5.42. The number of nitrogens with zero attached hydrogens (tertiary/aromatic N) is 5. The van der Waals surface area contributed by atoms with Crippen molar-refractivity contribution >= 4 is 23.0 Å². The molecule has 10 heteroatoms. The molecule has 0 aliphatic carbocycles. The number of fused-ring (bicyclic) bond motifs is 1. The number of rotatable bonds is 6. The van der Waals surface area contributed by atoms with E-state index in [0.717, 1.165) is 60.7 Å². The van der Waals surface area contributed by atoms with Crippen molar-refractivity contribution in [3.8, 4) is 22.5 Å². The molecule has 0 saturated carbocycles. The molecule has 0 atom stereocenters. The van der Waals surface area contributed by atoms with E-state index < -0.39 is 0 Å². The molecule has 4 aromatic rings. The van der Waals surface area contributed by atoms with Gasteiger partial charge in [0.25, 0.3) is 0 Å². The van der Waals surface area contributed by atoms with Crippen LogP contribution in [0.25, 0.3) is 33.5 Å². The van der Waals surface area contributed by atoms with Crippen molar-refractivity contribution in [2.24, 2.45) is 0 Å². The summed E-state index contributed by atoms with van der Waals surface area (Å²) in [6.07, 6.45) is 5.28. The van der Waals surface area contributed by atoms with Crippen LogP contribution in [0.4, 0.5) is 10.7 Å². The first kappa shape index (κ1) is 21.9. The van der Waals surface area contributed by atoms with Gasteiger partial charge >= 0.3 is 6.03 Å². The van der Waals surface area contributed by atoms with Crippen LogP contribution in [0.3, 0.4) is 0 Å². The molecule has 10 nitrogen and oxygen atoms in total. The number of hydrogen-bond donors (Lipinski definition) is 3. The summed E-state index contributed by atoms with van der Waals surface area (Å²) in [4.78, 5) is 35.6. The molecule has 174 valence electrons. The number of pyridine rings is 1. The van der Waals surface area contributed by atoms with Gasteiger partial charge in [-0.1, -0.05) is 6.07 Å². The second kappa shape index (κ2) is 9.94. The van der Waals surface area contributed by atoms with Gasteiger partial charge in [-0.2, -0.15) is 0 Å². The summed E-state index contributed by atoms with van der Waals surface area (Å²) in [7, 11) is 0. The molecule has 0 radical (unpaired) electrons. The molecule has 1 aromatic carbocycles. The number of hydrogen-bond acceptors (Lipinski definition) is 7. The SMILES string of the molecule is CCNC(=O)Nc1nc2cc(-c3ccc(CN4CCOCC4)nc3)cc(-c3ncccn3)c2[nH]1. The van der Waals surface area contributed by atoms with Crippen molar-refractivity contribution in [3.05, 3.63) is 54.6 Å². The Labute approximate surface area is 196 Å². The van der Waals surface area contributed by atoms with Crippen LogP contribution >= 0.6 is 0 Å². The van der Waals surface area contributed by atoms with Crippen LogP contribution in [0.2, 0.25) is 0 Å². The van der Waals surface area contributed by atoms with Gasteiger partial charge in [-0.25, -0.2) is 19.7 Å². The minimum atomic E-state index is -0.320. The fourth-order valence-electron chi connectivity index (χ4n) is 3.94. The van der Waals surface area contributed by atoms with Gasteiger partial charge in [-0.3, -0.25) is 15.2 Å². The summed E-state index contributed by atoms with van der Waals surface area (Å²) in [6.45, 7) is 6.56. The quantitative estimate of drug-likeness (QED) is 0.406. The van der Waals surface area contributed by atoms with Crippen LogP contribution in [0.5, 0.6) is 0 Å². The molecule has 3 N–H and O–H groups in total. The first-order valence-corrected chi connectivity index (χ1v) is 11.3. The van der Waals surface area contributed by atoms with E-state index in [4.69, 9.17) is 4.74 Å². The lowest BCUT2D eigenvalue weighted by Gasteiger charge is -2.26. The number of carbonyl (C=O) groups is 1. The molecule has 5 rings (SSSR count). The van der Waals surface area contributed by atoms with Crippen molar-refractivity contribution in [2.45, 2.75) is 13.5 Å². The molecule has 0 unspecified atom stereocenters. The molecule has 34 heavy (non-hydrogen) atoms. The van der Waals surface area contributed by atoms with Gasteiger partial charge in [0, 0.05) is 55.9 Å². The number of aromatic amines is 1. The van der Waals surface area contributed by atoms with Crippen molar-refractivity contribution in [2.75, 3.05) is 38.2 Å². The average molecular weight is 459 g/mol. The van der Waals surface area contributed by atoms with Crippen molar-refractivity contribution in [1.82, 2.24) is 35.1 Å². The van der Waals surface area contributed by atoms with Gasteiger partial charge in [0.1, 0.15) is 0 Å². The van der Waals surface area contributed by atoms with Gasteiger partial charge in [0.05, 0.1) is 29.9 Å². The van der Waals surface area contributed by atoms with E-state index in [0.29, 0.717) is 23.8 Å². The normalized spacial score (nSPS) is 14.3. The van der Waals surface area contributed by atoms with E-state index in [-0.39, 0.29) is 6.03 Å². The highest BCUT2D eigenvalue weighted by Gasteiger charge is 2.16. The minimum absolute atomic E-state index is 0.320.